The van der Waals surface area contributed by atoms with E-state index in [9.17, 15) is 9.90 Å². The molecule has 0 saturated carbocycles. The van der Waals surface area contributed by atoms with Crippen LogP contribution in [0.15, 0.2) is 0 Å². The largest absolute Gasteiger partial charge is 0.394 e. The lowest BCUT2D eigenvalue weighted by Crippen LogP contribution is -2.53. The number of carbonyl (C=O) groups is 1. The van der Waals surface area contributed by atoms with Gasteiger partial charge in [0, 0.05) is 14.1 Å². The van der Waals surface area contributed by atoms with Crippen molar-refractivity contribution in [3.63, 3.8) is 0 Å². The highest BCUT2D eigenvalue weighted by molar-refractivity contribution is 5.78. The van der Waals surface area contributed by atoms with E-state index in [2.05, 4.69) is 10.9 Å². The number of amides is 1. The summed E-state index contributed by atoms with van der Waals surface area (Å²) >= 11 is 0. The molecule has 0 aromatic heterocycles. The molecule has 0 spiro atoms. The van der Waals surface area contributed by atoms with Gasteiger partial charge in [0.2, 0.25) is 0 Å². The van der Waals surface area contributed by atoms with Gasteiger partial charge in [0.15, 0.2) is 0 Å². The van der Waals surface area contributed by atoms with E-state index < -0.39 is 18.6 Å². The third kappa shape index (κ3) is 3.22. The Bertz CT molecular complexity index is 173. The molecule has 2 atom stereocenters. The van der Waals surface area contributed by atoms with Gasteiger partial charge >= 0.3 is 0 Å². The van der Waals surface area contributed by atoms with E-state index in [4.69, 9.17) is 5.11 Å². The van der Waals surface area contributed by atoms with Crippen LogP contribution in [-0.2, 0) is 4.79 Å². The Kier molecular flexibility index (Phi) is 6.39. The summed E-state index contributed by atoms with van der Waals surface area (Å²) in [5, 5.41) is 19.3. The molecule has 0 fully saturated rings. The van der Waals surface area contributed by atoms with Crippen molar-refractivity contribution in [2.75, 3.05) is 20.7 Å². The predicted molar refractivity (Wildman–Crippen MR) is 51.8 cm³/mol. The van der Waals surface area contributed by atoms with Crippen molar-refractivity contribution in [2.24, 2.45) is 5.92 Å². The van der Waals surface area contributed by atoms with Crippen LogP contribution >= 0.6 is 0 Å². The third-order valence-corrected chi connectivity index (χ3v) is 2.08. The van der Waals surface area contributed by atoms with Gasteiger partial charge in [-0.2, -0.15) is 0 Å². The number of nitrogens with zero attached hydrogens (tertiary/aromatic N) is 1. The minimum absolute atomic E-state index is 0.293. The van der Waals surface area contributed by atoms with E-state index in [1.165, 1.54) is 5.12 Å². The Morgan fingerprint density at radius 3 is 2.21 bits per heavy atom. The smallest absolute Gasteiger partial charge is 0.257 e. The third-order valence-electron chi connectivity index (χ3n) is 2.08. The molecule has 0 bridgehead atoms. The van der Waals surface area contributed by atoms with E-state index in [-0.39, 0.29) is 5.91 Å². The SMILES string of the molecule is CC[C@H](C(=O)N(NC)NC)C(O)CO. The molecule has 0 saturated heterocycles. The summed E-state index contributed by atoms with van der Waals surface area (Å²) in [6, 6.07) is 0. The first kappa shape index (κ1) is 13.3. The van der Waals surface area contributed by atoms with Gasteiger partial charge in [-0.25, -0.2) is 16.0 Å². The summed E-state index contributed by atoms with van der Waals surface area (Å²) in [7, 11) is 3.18. The fourth-order valence-electron chi connectivity index (χ4n) is 1.24. The van der Waals surface area contributed by atoms with Gasteiger partial charge in [-0.1, -0.05) is 6.92 Å². The summed E-state index contributed by atoms with van der Waals surface area (Å²) in [6.45, 7) is 1.37. The van der Waals surface area contributed by atoms with E-state index >= 15 is 0 Å². The van der Waals surface area contributed by atoms with Gasteiger partial charge in [0.1, 0.15) is 0 Å². The fourth-order valence-corrected chi connectivity index (χ4v) is 1.24. The number of carbonyl (C=O) groups excluding carboxylic acids is 1. The van der Waals surface area contributed by atoms with Gasteiger partial charge in [0.05, 0.1) is 18.6 Å². The summed E-state index contributed by atoms with van der Waals surface area (Å²) in [4.78, 5) is 11.7. The number of aliphatic hydroxyl groups is 2. The Balaban J connectivity index is 4.43. The number of hydrazine groups is 2. The maximum atomic E-state index is 11.7. The maximum absolute atomic E-state index is 11.7. The molecule has 0 aromatic rings. The number of hydrogen-bond donors (Lipinski definition) is 4. The monoisotopic (exact) mass is 205 g/mol. The molecule has 0 aliphatic rings. The highest BCUT2D eigenvalue weighted by Crippen LogP contribution is 2.10. The summed E-state index contributed by atoms with van der Waals surface area (Å²) in [5.74, 6) is -0.890. The predicted octanol–water partition coefficient (Wildman–Crippen LogP) is -1.54. The summed E-state index contributed by atoms with van der Waals surface area (Å²) in [5.41, 5.74) is 5.25. The number of hydrogen-bond acceptors (Lipinski definition) is 5. The summed E-state index contributed by atoms with van der Waals surface area (Å²) < 4.78 is 0. The Labute approximate surface area is 83.8 Å². The molecule has 0 aliphatic carbocycles. The molecule has 14 heavy (non-hydrogen) atoms. The summed E-state index contributed by atoms with van der Waals surface area (Å²) in [6.07, 6.45) is -0.544. The zero-order chi connectivity index (χ0) is 11.1. The molecule has 1 unspecified atom stereocenters. The highest BCUT2D eigenvalue weighted by Gasteiger charge is 2.28. The molecule has 1 amide bonds. The average Bonchev–Trinajstić information content (AvgIpc) is 2.20. The highest BCUT2D eigenvalue weighted by atomic mass is 16.3. The van der Waals surface area contributed by atoms with Crippen LogP contribution in [0.4, 0.5) is 0 Å². The normalized spacial score (nSPS) is 14.9. The van der Waals surface area contributed by atoms with Gasteiger partial charge in [-0.15, -0.1) is 0 Å². The molecular formula is C8H19N3O3. The quantitative estimate of drug-likeness (QED) is 0.395. The second kappa shape index (κ2) is 6.72. The Morgan fingerprint density at radius 2 is 1.93 bits per heavy atom. The topological polar surface area (TPSA) is 84.8 Å². The van der Waals surface area contributed by atoms with Gasteiger partial charge in [0.25, 0.3) is 5.91 Å². The molecule has 0 aliphatic heterocycles. The Morgan fingerprint density at radius 1 is 1.43 bits per heavy atom. The lowest BCUT2D eigenvalue weighted by Gasteiger charge is -2.26. The lowest BCUT2D eigenvalue weighted by molar-refractivity contribution is -0.147. The maximum Gasteiger partial charge on any atom is 0.257 e. The molecule has 0 aromatic carbocycles. The molecule has 6 nitrogen and oxygen atoms in total. The first-order chi connectivity index (χ1) is 6.62. The van der Waals surface area contributed by atoms with E-state index in [1.807, 2.05) is 0 Å². The minimum Gasteiger partial charge on any atom is -0.394 e. The first-order valence-corrected chi connectivity index (χ1v) is 4.59. The van der Waals surface area contributed by atoms with Gasteiger partial charge < -0.3 is 10.2 Å². The van der Waals surface area contributed by atoms with Crippen LogP contribution in [0, 0.1) is 5.92 Å². The van der Waals surface area contributed by atoms with Gasteiger partial charge in [-0.3, -0.25) is 4.79 Å². The van der Waals surface area contributed by atoms with Crippen LogP contribution < -0.4 is 10.9 Å². The van der Waals surface area contributed by atoms with Crippen molar-refractivity contribution < 1.29 is 15.0 Å². The minimum atomic E-state index is -1.02. The molecule has 0 radical (unpaired) electrons. The second-order valence-electron chi connectivity index (χ2n) is 2.89. The zero-order valence-electron chi connectivity index (χ0n) is 8.82. The van der Waals surface area contributed by atoms with Crippen LogP contribution in [0.3, 0.4) is 0 Å². The van der Waals surface area contributed by atoms with E-state index in [0.29, 0.717) is 6.42 Å². The number of aliphatic hydroxyl groups excluding tert-OH is 2. The van der Waals surface area contributed by atoms with E-state index in [0.717, 1.165) is 0 Å². The lowest BCUT2D eigenvalue weighted by atomic mass is 9.99. The molecule has 0 heterocycles. The molecule has 4 N–H and O–H groups in total. The average molecular weight is 205 g/mol. The van der Waals surface area contributed by atoms with Crippen LogP contribution in [-0.4, -0.2) is 48.0 Å². The first-order valence-electron chi connectivity index (χ1n) is 4.59. The Hall–Kier alpha value is -0.690. The zero-order valence-corrected chi connectivity index (χ0v) is 8.82. The second-order valence-corrected chi connectivity index (χ2v) is 2.89. The van der Waals surface area contributed by atoms with E-state index in [1.54, 1.807) is 21.0 Å². The molecular weight excluding hydrogens is 186 g/mol. The molecule has 6 heteroatoms. The molecule has 0 rings (SSSR count). The van der Waals surface area contributed by atoms with Crippen molar-refractivity contribution in [3.8, 4) is 0 Å². The van der Waals surface area contributed by atoms with Gasteiger partial charge in [-0.05, 0) is 6.42 Å². The van der Waals surface area contributed by atoms with Crippen LogP contribution in [0.5, 0.6) is 0 Å². The van der Waals surface area contributed by atoms with Crippen molar-refractivity contribution in [1.82, 2.24) is 16.0 Å². The van der Waals surface area contributed by atoms with Crippen LogP contribution in [0.1, 0.15) is 13.3 Å². The molecule has 84 valence electrons. The number of rotatable bonds is 6. The fraction of sp³-hybridized carbons (Fsp3) is 0.875. The van der Waals surface area contributed by atoms with Crippen LogP contribution in [0.25, 0.3) is 0 Å². The van der Waals surface area contributed by atoms with Crippen molar-refractivity contribution in [3.05, 3.63) is 0 Å². The van der Waals surface area contributed by atoms with Crippen LogP contribution in [0.2, 0.25) is 0 Å². The van der Waals surface area contributed by atoms with Crippen molar-refractivity contribution >= 4 is 5.91 Å². The number of nitrogens with one attached hydrogen (secondary N) is 2. The van der Waals surface area contributed by atoms with Crippen molar-refractivity contribution in [1.29, 1.82) is 0 Å². The standard InChI is InChI=1S/C8H19N3O3/c1-4-6(7(13)5-12)8(14)11(9-2)10-3/h6-7,9-10,12-13H,4-5H2,1-3H3/t6-,7?/m0/s1. The van der Waals surface area contributed by atoms with Crippen molar-refractivity contribution in [2.45, 2.75) is 19.4 Å².